The maximum absolute atomic E-state index is 13.3. The monoisotopic (exact) mass is 441 g/mol. The number of nitrogens with zero attached hydrogens (tertiary/aromatic N) is 2. The van der Waals surface area contributed by atoms with Crippen LogP contribution in [0, 0.1) is 5.82 Å². The first kappa shape index (κ1) is 21.8. The van der Waals surface area contributed by atoms with Gasteiger partial charge in [-0.25, -0.2) is 9.18 Å². The molecular formula is C23H24FN3O5. The number of amides is 2. The summed E-state index contributed by atoms with van der Waals surface area (Å²) < 4.78 is 18.1. The maximum Gasteiger partial charge on any atom is 0.336 e. The molecule has 0 aromatic heterocycles. The van der Waals surface area contributed by atoms with Gasteiger partial charge < -0.3 is 25.0 Å². The standard InChI is InChI=1S/C23H24FN3O5/c24-16-6-8-17(9-7-16)26-10-12-27(13-11-26)22(29)18(14-15-4-2-1-3-5-15)25-21(28)19-20(32-19)23(30)31/h1-9,18-20H,10-14H2,(H,25,28)(H,30,31)/t18?,19-,20-/m0/s1. The van der Waals surface area contributed by atoms with E-state index in [1.54, 1.807) is 17.0 Å². The lowest BCUT2D eigenvalue weighted by Gasteiger charge is -2.37. The zero-order valence-corrected chi connectivity index (χ0v) is 17.3. The highest BCUT2D eigenvalue weighted by atomic mass is 19.1. The van der Waals surface area contributed by atoms with Gasteiger partial charge in [0.05, 0.1) is 0 Å². The Morgan fingerprint density at radius 2 is 1.66 bits per heavy atom. The van der Waals surface area contributed by atoms with Crippen molar-refractivity contribution in [2.24, 2.45) is 0 Å². The molecular weight excluding hydrogens is 417 g/mol. The van der Waals surface area contributed by atoms with Crippen molar-refractivity contribution in [3.63, 3.8) is 0 Å². The van der Waals surface area contributed by atoms with E-state index < -0.39 is 30.1 Å². The smallest absolute Gasteiger partial charge is 0.336 e. The Kier molecular flexibility index (Phi) is 6.36. The predicted octanol–water partition coefficient (Wildman–Crippen LogP) is 1.05. The van der Waals surface area contributed by atoms with E-state index in [2.05, 4.69) is 10.2 Å². The number of halogens is 1. The van der Waals surface area contributed by atoms with Crippen LogP contribution in [0.25, 0.3) is 0 Å². The Balaban J connectivity index is 1.41. The molecule has 0 saturated carbocycles. The summed E-state index contributed by atoms with van der Waals surface area (Å²) in [6.45, 7) is 2.07. The Bertz CT molecular complexity index is 977. The van der Waals surface area contributed by atoms with E-state index in [1.807, 2.05) is 30.3 Å². The van der Waals surface area contributed by atoms with Crippen LogP contribution in [-0.4, -0.2) is 72.2 Å². The highest BCUT2D eigenvalue weighted by molar-refractivity contribution is 5.95. The van der Waals surface area contributed by atoms with Gasteiger partial charge in [-0.15, -0.1) is 0 Å². The minimum atomic E-state index is -1.20. The summed E-state index contributed by atoms with van der Waals surface area (Å²) in [7, 11) is 0. The average molecular weight is 441 g/mol. The highest BCUT2D eigenvalue weighted by Gasteiger charge is 2.51. The number of piperazine rings is 1. The third-order valence-electron chi connectivity index (χ3n) is 5.67. The van der Waals surface area contributed by atoms with Crippen molar-refractivity contribution in [3.05, 3.63) is 66.0 Å². The largest absolute Gasteiger partial charge is 0.479 e. The van der Waals surface area contributed by atoms with Crippen molar-refractivity contribution in [2.45, 2.75) is 24.7 Å². The number of nitrogens with one attached hydrogen (secondary N) is 1. The molecule has 0 bridgehead atoms. The topological polar surface area (TPSA) is 102 Å². The number of hydrogen-bond acceptors (Lipinski definition) is 5. The second-order valence-corrected chi connectivity index (χ2v) is 7.86. The van der Waals surface area contributed by atoms with Gasteiger partial charge in [0, 0.05) is 38.3 Å². The molecule has 2 aromatic carbocycles. The van der Waals surface area contributed by atoms with Crippen LogP contribution in [0.3, 0.4) is 0 Å². The van der Waals surface area contributed by atoms with E-state index in [0.29, 0.717) is 26.2 Å². The number of anilines is 1. The number of carboxylic acids is 1. The molecule has 9 heteroatoms. The van der Waals surface area contributed by atoms with Crippen molar-refractivity contribution in [3.8, 4) is 0 Å². The SMILES string of the molecule is O=C(O)[C@H]1O[C@@H]1C(=O)NC(Cc1ccccc1)C(=O)N1CCN(c2ccc(F)cc2)CC1. The van der Waals surface area contributed by atoms with Crippen molar-refractivity contribution in [1.82, 2.24) is 10.2 Å². The van der Waals surface area contributed by atoms with Crippen LogP contribution < -0.4 is 10.2 Å². The summed E-state index contributed by atoms with van der Waals surface area (Å²) >= 11 is 0. The lowest BCUT2D eigenvalue weighted by Crippen LogP contribution is -2.56. The Morgan fingerprint density at radius 3 is 2.25 bits per heavy atom. The van der Waals surface area contributed by atoms with Gasteiger partial charge in [0.2, 0.25) is 5.91 Å². The number of carbonyl (C=O) groups excluding carboxylic acids is 2. The summed E-state index contributed by atoms with van der Waals surface area (Å²) in [4.78, 5) is 40.5. The Labute approximate surface area is 184 Å². The fourth-order valence-electron chi connectivity index (χ4n) is 3.86. The molecule has 2 aliphatic rings. The van der Waals surface area contributed by atoms with Crippen LogP contribution >= 0.6 is 0 Å². The number of carbonyl (C=O) groups is 3. The van der Waals surface area contributed by atoms with E-state index in [-0.39, 0.29) is 18.1 Å². The third-order valence-corrected chi connectivity index (χ3v) is 5.67. The van der Waals surface area contributed by atoms with Gasteiger partial charge in [0.1, 0.15) is 11.9 Å². The van der Waals surface area contributed by atoms with Crippen LogP contribution in [0.4, 0.5) is 10.1 Å². The van der Waals surface area contributed by atoms with E-state index in [9.17, 15) is 18.8 Å². The van der Waals surface area contributed by atoms with E-state index >= 15 is 0 Å². The van der Waals surface area contributed by atoms with Gasteiger partial charge in [-0.1, -0.05) is 30.3 Å². The molecule has 4 rings (SSSR count). The lowest BCUT2D eigenvalue weighted by molar-refractivity contribution is -0.138. The van der Waals surface area contributed by atoms with Crippen LogP contribution in [0.1, 0.15) is 5.56 Å². The molecule has 2 aromatic rings. The number of aliphatic carboxylic acids is 1. The molecule has 0 spiro atoms. The molecule has 2 fully saturated rings. The zero-order chi connectivity index (χ0) is 22.7. The van der Waals surface area contributed by atoms with Crippen molar-refractivity contribution < 1.29 is 28.6 Å². The zero-order valence-electron chi connectivity index (χ0n) is 17.3. The highest BCUT2D eigenvalue weighted by Crippen LogP contribution is 2.23. The summed E-state index contributed by atoms with van der Waals surface area (Å²) in [5.41, 5.74) is 1.76. The number of rotatable bonds is 7. The Hall–Kier alpha value is -3.46. The number of epoxide rings is 1. The molecule has 2 amide bonds. The van der Waals surface area contributed by atoms with Gasteiger partial charge in [-0.2, -0.15) is 0 Å². The molecule has 168 valence electrons. The first-order valence-electron chi connectivity index (χ1n) is 10.4. The van der Waals surface area contributed by atoms with Crippen LogP contribution in [0.15, 0.2) is 54.6 Å². The first-order chi connectivity index (χ1) is 15.4. The fourth-order valence-corrected chi connectivity index (χ4v) is 3.86. The molecule has 0 aliphatic carbocycles. The summed E-state index contributed by atoms with van der Waals surface area (Å²) in [5.74, 6) is -2.33. The van der Waals surface area contributed by atoms with Gasteiger partial charge in [0.25, 0.3) is 5.91 Å². The van der Waals surface area contributed by atoms with Crippen LogP contribution in [0.2, 0.25) is 0 Å². The van der Waals surface area contributed by atoms with Gasteiger partial charge >= 0.3 is 5.97 Å². The normalized spacial score (nSPS) is 21.0. The van der Waals surface area contributed by atoms with Crippen LogP contribution in [-0.2, 0) is 25.5 Å². The van der Waals surface area contributed by atoms with Gasteiger partial charge in [-0.3, -0.25) is 9.59 Å². The number of hydrogen-bond donors (Lipinski definition) is 2. The minimum Gasteiger partial charge on any atom is -0.479 e. The van der Waals surface area contributed by atoms with Crippen molar-refractivity contribution in [2.75, 3.05) is 31.1 Å². The molecule has 2 N–H and O–H groups in total. The number of benzene rings is 2. The fraction of sp³-hybridized carbons (Fsp3) is 0.348. The van der Waals surface area contributed by atoms with Crippen molar-refractivity contribution in [1.29, 1.82) is 0 Å². The van der Waals surface area contributed by atoms with Crippen LogP contribution in [0.5, 0.6) is 0 Å². The van der Waals surface area contributed by atoms with E-state index in [4.69, 9.17) is 9.84 Å². The number of carboxylic acid groups (broad SMARTS) is 1. The predicted molar refractivity (Wildman–Crippen MR) is 114 cm³/mol. The summed E-state index contributed by atoms with van der Waals surface area (Å²) in [5, 5.41) is 11.7. The third kappa shape index (κ3) is 5.05. The maximum atomic E-state index is 13.3. The molecule has 0 radical (unpaired) electrons. The summed E-state index contributed by atoms with van der Waals surface area (Å²) in [6, 6.07) is 14.7. The first-order valence-corrected chi connectivity index (χ1v) is 10.4. The summed E-state index contributed by atoms with van der Waals surface area (Å²) in [6.07, 6.45) is -1.95. The second-order valence-electron chi connectivity index (χ2n) is 7.86. The Morgan fingerprint density at radius 1 is 1.00 bits per heavy atom. The molecule has 2 heterocycles. The molecule has 32 heavy (non-hydrogen) atoms. The van der Waals surface area contributed by atoms with E-state index in [1.165, 1.54) is 12.1 Å². The molecule has 1 unspecified atom stereocenters. The average Bonchev–Trinajstić information content (AvgIpc) is 3.61. The van der Waals surface area contributed by atoms with Gasteiger partial charge in [0.15, 0.2) is 12.2 Å². The molecule has 2 aliphatic heterocycles. The minimum absolute atomic E-state index is 0.228. The van der Waals surface area contributed by atoms with Crippen molar-refractivity contribution >= 4 is 23.5 Å². The number of ether oxygens (including phenoxy) is 1. The molecule has 3 atom stereocenters. The van der Waals surface area contributed by atoms with Gasteiger partial charge in [-0.05, 0) is 29.8 Å². The lowest BCUT2D eigenvalue weighted by atomic mass is 10.0. The molecule has 8 nitrogen and oxygen atoms in total. The second kappa shape index (κ2) is 9.35. The van der Waals surface area contributed by atoms with E-state index in [0.717, 1.165) is 11.3 Å². The molecule has 2 saturated heterocycles. The quantitative estimate of drug-likeness (QED) is 0.623.